The molecule has 1 aliphatic carbocycles. The van der Waals surface area contributed by atoms with Gasteiger partial charge in [-0.05, 0) is 247 Å². The maximum atomic E-state index is 3.58. The van der Waals surface area contributed by atoms with E-state index >= 15 is 0 Å². The summed E-state index contributed by atoms with van der Waals surface area (Å²) in [6.07, 6.45) is 1.03. The Labute approximate surface area is 662 Å². The van der Waals surface area contributed by atoms with Gasteiger partial charge in [0.15, 0.2) is 0 Å². The molecule has 113 heavy (non-hydrogen) atoms. The molecule has 0 radical (unpaired) electrons. The van der Waals surface area contributed by atoms with Crippen LogP contribution in [0.1, 0.15) is 11.1 Å². The van der Waals surface area contributed by atoms with Gasteiger partial charge in [-0.1, -0.05) is 319 Å². The van der Waals surface area contributed by atoms with Crippen LogP contribution >= 0.6 is 15.9 Å². The smallest absolute Gasteiger partial charge is 0.0547 e. The van der Waals surface area contributed by atoms with Crippen molar-refractivity contribution in [3.8, 4) is 72.7 Å². The predicted octanol–water partition coefficient (Wildman–Crippen LogP) is 30.3. The summed E-state index contributed by atoms with van der Waals surface area (Å²) in [4.78, 5) is 0. The van der Waals surface area contributed by atoms with Gasteiger partial charge >= 0.3 is 0 Å². The predicted molar refractivity (Wildman–Crippen MR) is 485 cm³/mol. The number of halogens is 1. The Morgan fingerprint density at radius 2 is 0.460 bits per heavy atom. The van der Waals surface area contributed by atoms with Gasteiger partial charge < -0.3 is 13.7 Å². The molecular weight excluding hydrogens is 1430 g/mol. The zero-order chi connectivity index (χ0) is 74.6. The lowest BCUT2D eigenvalue weighted by molar-refractivity contribution is 1.18. The Balaban J connectivity index is 0.000000115. The minimum Gasteiger partial charge on any atom is -0.309 e. The lowest BCUT2D eigenvalue weighted by Crippen LogP contribution is -1.94. The standard InChI is InChI=1S/C54H34N2.C31H21N.C24H15Br/c1-2-14-39(15-3-1)55-51-23-10-8-21-46(51)48-29-26-38(34-54(48)55)37-27-30-53-50(33-37)47-22-9-11-24-52(47)56(53)40-16-12-13-35(31-40)36-25-28-45-43-19-5-4-17-41(43)42-18-6-7-20-44(42)49(45)32-36;1-2-9-25(10-3-1)32-30-13-7-6-12-27(30)28-17-16-22(20-31(28)32)21-14-15-24-18-23-8-4-5-11-26(23)29(24)19-21;25-18-7-5-6-16(14-18)17-12-13-23-21-10-2-1-8-19(21)20-9-3-4-11-22(20)24(23)15-17/h1-34H;1-17,19-20H,18H2;1-15H. The maximum absolute atomic E-state index is 3.58. The SMILES string of the molecule is Brc1cccc(-c2ccc3c4ccccc4c4ccccc4c3c2)c1.c1ccc(-n2c3ccccc3c3ccc(-c4ccc5c(c4)-c4ccccc4C5)cc32)cc1.c1ccc(-n2c3ccccc3c3ccc(-c4ccc5c(c4)c4ccccc4n5-c4cccc(-c5ccc6c7ccccc7c7ccccc7c6c5)c4)cc32)cc1. The summed E-state index contributed by atoms with van der Waals surface area (Å²) in [6, 6.07) is 150. The molecule has 3 heterocycles. The molecule has 0 amide bonds. The largest absolute Gasteiger partial charge is 0.309 e. The van der Waals surface area contributed by atoms with E-state index in [1.807, 2.05) is 0 Å². The van der Waals surface area contributed by atoms with E-state index in [1.54, 1.807) is 0 Å². The molecule has 0 bridgehead atoms. The van der Waals surface area contributed by atoms with Crippen LogP contribution < -0.4 is 0 Å². The molecule has 0 fully saturated rings. The summed E-state index contributed by atoms with van der Waals surface area (Å²) in [6.45, 7) is 0. The van der Waals surface area contributed by atoms with E-state index in [4.69, 9.17) is 0 Å². The fourth-order valence-electron chi connectivity index (χ4n) is 18.4. The summed E-state index contributed by atoms with van der Waals surface area (Å²) in [5, 5.41) is 23.3. The van der Waals surface area contributed by atoms with Crippen molar-refractivity contribution < 1.29 is 0 Å². The number of para-hydroxylation sites is 5. The first-order valence-electron chi connectivity index (χ1n) is 38.9. The molecule has 1 aliphatic rings. The number of nitrogens with zero attached hydrogens (tertiary/aromatic N) is 3. The number of hydrogen-bond acceptors (Lipinski definition) is 0. The summed E-state index contributed by atoms with van der Waals surface area (Å²) in [5.74, 6) is 0. The molecule has 0 aliphatic heterocycles. The van der Waals surface area contributed by atoms with Crippen LogP contribution in [0, 0.1) is 0 Å². The molecule has 0 saturated carbocycles. The molecule has 0 spiro atoms. The Morgan fingerprint density at radius 3 is 0.947 bits per heavy atom. The van der Waals surface area contributed by atoms with Crippen LogP contribution in [-0.2, 0) is 6.42 Å². The van der Waals surface area contributed by atoms with E-state index in [0.717, 1.165) is 16.6 Å². The van der Waals surface area contributed by atoms with E-state index in [2.05, 4.69) is 442 Å². The number of aromatic nitrogens is 3. The van der Waals surface area contributed by atoms with Gasteiger partial charge in [-0.25, -0.2) is 0 Å². The Kier molecular flexibility index (Phi) is 15.8. The van der Waals surface area contributed by atoms with Crippen LogP contribution in [0.25, 0.3) is 203 Å². The molecule has 0 atom stereocenters. The van der Waals surface area contributed by atoms with E-state index in [0.29, 0.717) is 0 Å². The first kappa shape index (κ1) is 65.9. The number of benzene rings is 20. The van der Waals surface area contributed by atoms with Crippen molar-refractivity contribution >= 4 is 146 Å². The summed E-state index contributed by atoms with van der Waals surface area (Å²) < 4.78 is 8.31. The van der Waals surface area contributed by atoms with E-state index in [1.165, 1.54) is 208 Å². The summed E-state index contributed by atoms with van der Waals surface area (Å²) >= 11 is 3.58. The molecule has 0 N–H and O–H groups in total. The lowest BCUT2D eigenvalue weighted by atomic mass is 9.92. The van der Waals surface area contributed by atoms with Gasteiger partial charge in [-0.2, -0.15) is 0 Å². The van der Waals surface area contributed by atoms with Gasteiger partial charge in [-0.3, -0.25) is 0 Å². The highest BCUT2D eigenvalue weighted by Gasteiger charge is 2.22. The van der Waals surface area contributed by atoms with Crippen LogP contribution in [0.5, 0.6) is 0 Å². The number of rotatable bonds is 7. The first-order chi connectivity index (χ1) is 56.0. The van der Waals surface area contributed by atoms with Crippen molar-refractivity contribution in [2.75, 3.05) is 0 Å². The number of fused-ring (bicyclic) bond motifs is 24. The normalized spacial score (nSPS) is 11.9. The van der Waals surface area contributed by atoms with E-state index in [9.17, 15) is 0 Å². The molecule has 24 rings (SSSR count). The van der Waals surface area contributed by atoms with E-state index in [-0.39, 0.29) is 0 Å². The van der Waals surface area contributed by atoms with Crippen molar-refractivity contribution in [1.29, 1.82) is 0 Å². The van der Waals surface area contributed by atoms with Crippen molar-refractivity contribution in [2.24, 2.45) is 0 Å². The molecule has 3 aromatic heterocycles. The van der Waals surface area contributed by atoms with Gasteiger partial charge in [0.05, 0.1) is 33.1 Å². The van der Waals surface area contributed by atoms with Crippen LogP contribution in [-0.4, -0.2) is 13.7 Å². The van der Waals surface area contributed by atoms with Crippen LogP contribution in [0.3, 0.4) is 0 Å². The second-order valence-electron chi connectivity index (χ2n) is 29.9. The monoisotopic (exact) mass is 1500 g/mol. The highest BCUT2D eigenvalue weighted by Crippen LogP contribution is 2.45. The quantitative estimate of drug-likeness (QED) is 0.141. The topological polar surface area (TPSA) is 14.8 Å². The second kappa shape index (κ2) is 27.1. The van der Waals surface area contributed by atoms with Gasteiger partial charge in [0.1, 0.15) is 0 Å². The van der Waals surface area contributed by atoms with Crippen LogP contribution in [0.15, 0.2) is 417 Å². The van der Waals surface area contributed by atoms with Crippen molar-refractivity contribution in [1.82, 2.24) is 13.7 Å². The Morgan fingerprint density at radius 1 is 0.159 bits per heavy atom. The molecule has 23 aromatic rings. The van der Waals surface area contributed by atoms with Gasteiger partial charge in [0.25, 0.3) is 0 Å². The Hall–Kier alpha value is -14.2. The fourth-order valence-corrected chi connectivity index (χ4v) is 18.8. The zero-order valence-corrected chi connectivity index (χ0v) is 63.3. The molecule has 4 heteroatoms. The summed E-state index contributed by atoms with van der Waals surface area (Å²) in [7, 11) is 0. The second-order valence-corrected chi connectivity index (χ2v) is 30.8. The third-order valence-corrected chi connectivity index (χ3v) is 24.1. The van der Waals surface area contributed by atoms with Crippen molar-refractivity contribution in [3.63, 3.8) is 0 Å². The molecule has 20 aromatic carbocycles. The van der Waals surface area contributed by atoms with Crippen molar-refractivity contribution in [3.05, 3.63) is 428 Å². The zero-order valence-electron chi connectivity index (χ0n) is 61.7. The molecule has 0 saturated heterocycles. The highest BCUT2D eigenvalue weighted by atomic mass is 79.9. The highest BCUT2D eigenvalue weighted by molar-refractivity contribution is 9.10. The third kappa shape index (κ3) is 11.2. The fraction of sp³-hybridized carbons (Fsp3) is 0.00917. The van der Waals surface area contributed by atoms with Crippen LogP contribution in [0.2, 0.25) is 0 Å². The average molecular weight is 1500 g/mol. The summed E-state index contributed by atoms with van der Waals surface area (Å²) in [5.41, 5.74) is 26.3. The number of hydrogen-bond donors (Lipinski definition) is 0. The lowest BCUT2D eigenvalue weighted by Gasteiger charge is -2.13. The van der Waals surface area contributed by atoms with E-state index < -0.39 is 0 Å². The molecule has 0 unspecified atom stereocenters. The molecule has 528 valence electrons. The minimum atomic E-state index is 1.03. The van der Waals surface area contributed by atoms with Gasteiger partial charge in [-0.15, -0.1) is 0 Å². The average Bonchev–Trinajstić information content (AvgIpc) is 1.26. The molecule has 3 nitrogen and oxygen atoms in total. The minimum absolute atomic E-state index is 1.03. The van der Waals surface area contributed by atoms with Crippen molar-refractivity contribution in [2.45, 2.75) is 6.42 Å². The maximum Gasteiger partial charge on any atom is 0.0547 e. The first-order valence-corrected chi connectivity index (χ1v) is 39.7. The Bertz CT molecular complexity index is 7720. The molecular formula is C109H70BrN3. The van der Waals surface area contributed by atoms with Gasteiger partial charge in [0, 0.05) is 53.9 Å². The van der Waals surface area contributed by atoms with Gasteiger partial charge in [0.2, 0.25) is 0 Å². The third-order valence-electron chi connectivity index (χ3n) is 23.6. The van der Waals surface area contributed by atoms with Crippen LogP contribution in [0.4, 0.5) is 0 Å².